The quantitative estimate of drug-likeness (QED) is 0.126. The van der Waals surface area contributed by atoms with Crippen LogP contribution in [0.1, 0.15) is 17.5 Å². The van der Waals surface area contributed by atoms with Gasteiger partial charge in [-0.2, -0.15) is 0 Å². The molecule has 35 heavy (non-hydrogen) atoms. The van der Waals surface area contributed by atoms with E-state index in [2.05, 4.69) is 31.8 Å². The zero-order valence-corrected chi connectivity index (χ0v) is 21.6. The molecule has 0 aliphatic carbocycles. The molecule has 1 aliphatic heterocycles. The average Bonchev–Trinajstić information content (AvgIpc) is 2.87. The molecule has 3 aromatic carbocycles. The van der Waals surface area contributed by atoms with E-state index in [0.717, 1.165) is 54.2 Å². The molecule has 6 nitrogen and oxygen atoms in total. The third-order valence-corrected chi connectivity index (χ3v) is 6.93. The number of piperazine rings is 1. The van der Waals surface area contributed by atoms with Gasteiger partial charge < -0.3 is 9.64 Å². The number of nitro groups is 1. The Kier molecular flexibility index (Phi) is 8.79. The molecule has 1 saturated heterocycles. The van der Waals surface area contributed by atoms with Crippen molar-refractivity contribution in [2.75, 3.05) is 44.2 Å². The highest BCUT2D eigenvalue weighted by Crippen LogP contribution is 2.28. The van der Waals surface area contributed by atoms with E-state index < -0.39 is 0 Å². The van der Waals surface area contributed by atoms with Crippen LogP contribution < -0.4 is 9.64 Å². The van der Waals surface area contributed by atoms with Crippen molar-refractivity contribution >= 4 is 51.1 Å². The first-order valence-electron chi connectivity index (χ1n) is 11.6. The lowest BCUT2D eigenvalue weighted by atomic mass is 10.1. The highest BCUT2D eigenvalue weighted by Gasteiger charge is 2.17. The molecule has 0 atom stereocenters. The van der Waals surface area contributed by atoms with Gasteiger partial charge in [0.25, 0.3) is 5.69 Å². The van der Waals surface area contributed by atoms with Crippen LogP contribution >= 0.6 is 27.5 Å². The van der Waals surface area contributed by atoms with Crippen LogP contribution in [0.3, 0.4) is 0 Å². The Morgan fingerprint density at radius 1 is 0.971 bits per heavy atom. The van der Waals surface area contributed by atoms with Gasteiger partial charge in [0.15, 0.2) is 0 Å². The predicted octanol–water partition coefficient (Wildman–Crippen LogP) is 6.77. The highest BCUT2D eigenvalue weighted by molar-refractivity contribution is 9.10. The summed E-state index contributed by atoms with van der Waals surface area (Å²) in [6.45, 7) is 5.40. The molecule has 3 aromatic rings. The molecule has 0 bridgehead atoms. The summed E-state index contributed by atoms with van der Waals surface area (Å²) in [5.74, 6) is 0.643. The first kappa shape index (κ1) is 25.2. The largest absolute Gasteiger partial charge is 0.493 e. The summed E-state index contributed by atoms with van der Waals surface area (Å²) in [4.78, 5) is 15.7. The predicted molar refractivity (Wildman–Crippen MR) is 146 cm³/mol. The number of anilines is 1. The van der Waals surface area contributed by atoms with Gasteiger partial charge in [-0.1, -0.05) is 63.9 Å². The van der Waals surface area contributed by atoms with Gasteiger partial charge in [0.1, 0.15) is 5.75 Å². The van der Waals surface area contributed by atoms with Crippen LogP contribution in [0.4, 0.5) is 11.4 Å². The van der Waals surface area contributed by atoms with Crippen molar-refractivity contribution in [2.45, 2.75) is 6.42 Å². The molecule has 0 saturated carbocycles. The molecule has 1 aliphatic rings. The SMILES string of the molecule is O=[N+]([O-])c1ccc(OCCCN2CCN(c3cccc(Cl)c3)CC2)c(/C=C/c2ccccc2Br)c1. The van der Waals surface area contributed by atoms with Gasteiger partial charge in [0.05, 0.1) is 11.5 Å². The lowest BCUT2D eigenvalue weighted by Crippen LogP contribution is -2.46. The summed E-state index contributed by atoms with van der Waals surface area (Å²) >= 11 is 9.66. The molecular weight excluding hydrogens is 530 g/mol. The van der Waals surface area contributed by atoms with Crippen LogP contribution in [0, 0.1) is 10.1 Å². The monoisotopic (exact) mass is 555 g/mol. The van der Waals surface area contributed by atoms with Crippen LogP contribution in [0.25, 0.3) is 12.2 Å². The third kappa shape index (κ3) is 7.07. The molecule has 0 amide bonds. The Balaban J connectivity index is 1.31. The van der Waals surface area contributed by atoms with E-state index in [4.69, 9.17) is 16.3 Å². The summed E-state index contributed by atoms with van der Waals surface area (Å²) in [7, 11) is 0. The first-order chi connectivity index (χ1) is 17.0. The second kappa shape index (κ2) is 12.2. The second-order valence-electron chi connectivity index (χ2n) is 8.34. The van der Waals surface area contributed by atoms with E-state index >= 15 is 0 Å². The van der Waals surface area contributed by atoms with Gasteiger partial charge in [0.2, 0.25) is 0 Å². The standard InChI is InChI=1S/C27H27BrClN3O3/c28-26-8-2-1-5-21(26)9-10-22-19-25(32(33)34)11-12-27(22)35-18-4-13-30-14-16-31(17-15-30)24-7-3-6-23(29)20-24/h1-3,5-12,19-20H,4,13-18H2/b10-9+. The summed E-state index contributed by atoms with van der Waals surface area (Å²) in [6.07, 6.45) is 4.66. The number of non-ortho nitro benzene ring substituents is 1. The van der Waals surface area contributed by atoms with Crippen molar-refractivity contribution < 1.29 is 9.66 Å². The number of hydrogen-bond acceptors (Lipinski definition) is 5. The third-order valence-electron chi connectivity index (χ3n) is 5.97. The summed E-state index contributed by atoms with van der Waals surface area (Å²) in [5, 5.41) is 12.0. The van der Waals surface area contributed by atoms with Gasteiger partial charge in [-0.25, -0.2) is 0 Å². The Morgan fingerprint density at radius 3 is 2.49 bits per heavy atom. The maximum absolute atomic E-state index is 11.3. The molecule has 0 aromatic heterocycles. The molecule has 1 heterocycles. The lowest BCUT2D eigenvalue weighted by Gasteiger charge is -2.36. The van der Waals surface area contributed by atoms with E-state index in [1.807, 2.05) is 54.6 Å². The fraction of sp³-hybridized carbons (Fsp3) is 0.259. The molecule has 8 heteroatoms. The van der Waals surface area contributed by atoms with E-state index in [1.54, 1.807) is 12.1 Å². The number of benzene rings is 3. The number of hydrogen-bond donors (Lipinski definition) is 0. The molecule has 0 N–H and O–H groups in total. The molecule has 182 valence electrons. The zero-order valence-electron chi connectivity index (χ0n) is 19.3. The number of ether oxygens (including phenoxy) is 1. The van der Waals surface area contributed by atoms with Crippen molar-refractivity contribution in [1.82, 2.24) is 4.90 Å². The maximum atomic E-state index is 11.3. The fourth-order valence-electron chi connectivity index (χ4n) is 4.07. The average molecular weight is 557 g/mol. The number of nitrogens with zero attached hydrogens (tertiary/aromatic N) is 3. The van der Waals surface area contributed by atoms with Gasteiger partial charge in [-0.15, -0.1) is 0 Å². The zero-order chi connectivity index (χ0) is 24.6. The normalized spacial score (nSPS) is 14.4. The summed E-state index contributed by atoms with van der Waals surface area (Å²) in [5.41, 5.74) is 2.88. The number of halogens is 2. The summed E-state index contributed by atoms with van der Waals surface area (Å²) < 4.78 is 7.01. The van der Waals surface area contributed by atoms with Crippen molar-refractivity contribution in [3.63, 3.8) is 0 Å². The molecule has 0 spiro atoms. The van der Waals surface area contributed by atoms with Gasteiger partial charge in [-0.05, 0) is 42.3 Å². The Morgan fingerprint density at radius 2 is 1.74 bits per heavy atom. The minimum atomic E-state index is -0.386. The van der Waals surface area contributed by atoms with E-state index in [-0.39, 0.29) is 10.6 Å². The van der Waals surface area contributed by atoms with Gasteiger partial charge >= 0.3 is 0 Å². The van der Waals surface area contributed by atoms with Crippen LogP contribution in [-0.2, 0) is 0 Å². The first-order valence-corrected chi connectivity index (χ1v) is 12.7. The van der Waals surface area contributed by atoms with Crippen LogP contribution in [0.15, 0.2) is 71.2 Å². The van der Waals surface area contributed by atoms with E-state index in [9.17, 15) is 10.1 Å². The molecular formula is C27H27BrClN3O3. The summed E-state index contributed by atoms with van der Waals surface area (Å²) in [6, 6.07) is 20.5. The van der Waals surface area contributed by atoms with Crippen LogP contribution in [0.2, 0.25) is 5.02 Å². The maximum Gasteiger partial charge on any atom is 0.270 e. The van der Waals surface area contributed by atoms with Gasteiger partial charge in [-0.3, -0.25) is 15.0 Å². The fourth-order valence-corrected chi connectivity index (χ4v) is 4.68. The topological polar surface area (TPSA) is 58.9 Å². The molecule has 0 radical (unpaired) electrons. The van der Waals surface area contributed by atoms with E-state index in [1.165, 1.54) is 11.8 Å². The van der Waals surface area contributed by atoms with Crippen LogP contribution in [0.5, 0.6) is 5.75 Å². The van der Waals surface area contributed by atoms with Gasteiger partial charge in [0, 0.05) is 65.6 Å². The highest BCUT2D eigenvalue weighted by atomic mass is 79.9. The minimum Gasteiger partial charge on any atom is -0.493 e. The number of rotatable bonds is 9. The number of nitro benzene ring substituents is 1. The van der Waals surface area contributed by atoms with Crippen molar-refractivity contribution in [1.29, 1.82) is 0 Å². The molecule has 1 fully saturated rings. The Labute approximate surface area is 219 Å². The second-order valence-corrected chi connectivity index (χ2v) is 9.64. The Hall–Kier alpha value is -2.87. The molecule has 4 rings (SSSR count). The van der Waals surface area contributed by atoms with Crippen molar-refractivity contribution in [3.05, 3.63) is 97.5 Å². The lowest BCUT2D eigenvalue weighted by molar-refractivity contribution is -0.384. The van der Waals surface area contributed by atoms with Crippen molar-refractivity contribution in [2.24, 2.45) is 0 Å². The molecule has 0 unspecified atom stereocenters. The smallest absolute Gasteiger partial charge is 0.270 e. The van der Waals surface area contributed by atoms with Crippen molar-refractivity contribution in [3.8, 4) is 5.75 Å². The Bertz CT molecular complexity index is 1200. The minimum absolute atomic E-state index is 0.0432. The van der Waals surface area contributed by atoms with E-state index in [0.29, 0.717) is 17.9 Å². The van der Waals surface area contributed by atoms with Crippen LogP contribution in [-0.4, -0.2) is 49.2 Å².